The number of benzene rings is 3. The van der Waals surface area contributed by atoms with Crippen molar-refractivity contribution in [2.45, 2.75) is 13.0 Å². The van der Waals surface area contributed by atoms with Crippen LogP contribution in [0.15, 0.2) is 78.0 Å². The first-order chi connectivity index (χ1) is 16.5. The highest BCUT2D eigenvalue weighted by molar-refractivity contribution is 6.06. The first-order valence-corrected chi connectivity index (χ1v) is 10.7. The van der Waals surface area contributed by atoms with Gasteiger partial charge in [0.25, 0.3) is 5.91 Å². The summed E-state index contributed by atoms with van der Waals surface area (Å²) in [7, 11) is 3.15. The van der Waals surface area contributed by atoms with Gasteiger partial charge in [0.05, 0.1) is 36.9 Å². The fourth-order valence-electron chi connectivity index (χ4n) is 4.33. The molecule has 7 nitrogen and oxygen atoms in total. The molecule has 1 aliphatic rings. The summed E-state index contributed by atoms with van der Waals surface area (Å²) in [5.41, 5.74) is 4.19. The number of carbonyl (C=O) groups excluding carboxylic acids is 1. The Balaban J connectivity index is 1.67. The second-order valence-corrected chi connectivity index (χ2v) is 7.94. The van der Waals surface area contributed by atoms with E-state index in [2.05, 4.69) is 10.6 Å². The van der Waals surface area contributed by atoms with E-state index in [4.69, 9.17) is 14.5 Å². The van der Waals surface area contributed by atoms with Crippen molar-refractivity contribution >= 4 is 28.6 Å². The van der Waals surface area contributed by atoms with E-state index in [-0.39, 0.29) is 11.7 Å². The maximum absolute atomic E-state index is 13.6. The smallest absolute Gasteiger partial charge is 0.255 e. The predicted molar refractivity (Wildman–Crippen MR) is 129 cm³/mol. The van der Waals surface area contributed by atoms with Gasteiger partial charge in [-0.05, 0) is 61.0 Å². The number of fused-ring (bicyclic) bond motifs is 3. The zero-order valence-corrected chi connectivity index (χ0v) is 18.9. The number of anilines is 2. The minimum atomic E-state index is -0.496. The van der Waals surface area contributed by atoms with E-state index >= 15 is 0 Å². The average molecular weight is 458 g/mol. The lowest BCUT2D eigenvalue weighted by molar-refractivity contribution is -0.113. The number of halogens is 1. The lowest BCUT2D eigenvalue weighted by Gasteiger charge is -2.31. The number of rotatable bonds is 5. The fraction of sp³-hybridized carbons (Fsp3) is 0.154. The largest absolute Gasteiger partial charge is 0.493 e. The summed E-state index contributed by atoms with van der Waals surface area (Å²) in [5.74, 6) is 1.11. The van der Waals surface area contributed by atoms with Crippen LogP contribution in [0.3, 0.4) is 0 Å². The normalized spacial score (nSPS) is 15.0. The summed E-state index contributed by atoms with van der Waals surface area (Å²) in [5, 5.41) is 6.18. The van der Waals surface area contributed by atoms with Crippen molar-refractivity contribution < 1.29 is 18.7 Å². The van der Waals surface area contributed by atoms with Gasteiger partial charge in [0.15, 0.2) is 11.5 Å². The van der Waals surface area contributed by atoms with E-state index in [9.17, 15) is 9.18 Å². The Morgan fingerprint density at radius 1 is 1.03 bits per heavy atom. The van der Waals surface area contributed by atoms with Gasteiger partial charge < -0.3 is 20.1 Å². The number of para-hydroxylation sites is 2. The number of hydrogen-bond donors (Lipinski definition) is 2. The first-order valence-electron chi connectivity index (χ1n) is 10.7. The molecule has 0 spiro atoms. The van der Waals surface area contributed by atoms with Crippen LogP contribution in [0, 0.1) is 5.82 Å². The molecule has 0 bridgehead atoms. The molecule has 1 atom stereocenters. The van der Waals surface area contributed by atoms with Crippen molar-refractivity contribution in [2.75, 3.05) is 24.9 Å². The van der Waals surface area contributed by atoms with Crippen LogP contribution in [0.1, 0.15) is 18.5 Å². The molecule has 2 heterocycles. The van der Waals surface area contributed by atoms with Crippen LogP contribution in [0.2, 0.25) is 0 Å². The molecule has 0 saturated carbocycles. The number of nitrogens with one attached hydrogen (secondary N) is 2. The van der Waals surface area contributed by atoms with E-state index < -0.39 is 6.04 Å². The van der Waals surface area contributed by atoms with Crippen molar-refractivity contribution in [1.29, 1.82) is 0 Å². The van der Waals surface area contributed by atoms with Crippen LogP contribution in [-0.2, 0) is 4.79 Å². The van der Waals surface area contributed by atoms with E-state index in [1.54, 1.807) is 14.2 Å². The number of ether oxygens (including phenoxy) is 2. The minimum Gasteiger partial charge on any atom is -0.493 e. The highest BCUT2D eigenvalue weighted by Gasteiger charge is 2.34. The molecular formula is C26H23FN4O3. The summed E-state index contributed by atoms with van der Waals surface area (Å²) < 4.78 is 26.3. The SMILES string of the molecule is COc1ccc([C@@H]2C(C(=O)Nc3ccc(F)cc3)=C(C)Nc3nc4ccccc4n32)cc1OC. The van der Waals surface area contributed by atoms with Crippen LogP contribution in [0.25, 0.3) is 11.0 Å². The Hall–Kier alpha value is -4.33. The summed E-state index contributed by atoms with van der Waals surface area (Å²) in [6, 6.07) is 18.5. The number of imidazole rings is 1. The van der Waals surface area contributed by atoms with Crippen LogP contribution in [-0.4, -0.2) is 29.7 Å². The number of aromatic nitrogens is 2. The Labute approximate surface area is 195 Å². The van der Waals surface area contributed by atoms with Crippen molar-refractivity contribution in [2.24, 2.45) is 0 Å². The van der Waals surface area contributed by atoms with Crippen molar-refractivity contribution in [3.63, 3.8) is 0 Å². The third kappa shape index (κ3) is 3.63. The van der Waals surface area contributed by atoms with Crippen LogP contribution >= 0.6 is 0 Å². The third-order valence-electron chi connectivity index (χ3n) is 5.90. The highest BCUT2D eigenvalue weighted by atomic mass is 19.1. The molecule has 0 radical (unpaired) electrons. The Morgan fingerprint density at radius 2 is 1.76 bits per heavy atom. The topological polar surface area (TPSA) is 77.4 Å². The van der Waals surface area contributed by atoms with E-state index in [0.717, 1.165) is 16.6 Å². The monoisotopic (exact) mass is 458 g/mol. The molecule has 1 aliphatic heterocycles. The summed E-state index contributed by atoms with van der Waals surface area (Å²) in [6.07, 6.45) is 0. The Morgan fingerprint density at radius 3 is 2.50 bits per heavy atom. The number of hydrogen-bond acceptors (Lipinski definition) is 5. The summed E-state index contributed by atoms with van der Waals surface area (Å²) in [6.45, 7) is 1.84. The maximum atomic E-state index is 13.6. The molecule has 0 fully saturated rings. The quantitative estimate of drug-likeness (QED) is 0.434. The minimum absolute atomic E-state index is 0.306. The second-order valence-electron chi connectivity index (χ2n) is 7.94. The molecule has 1 amide bonds. The number of allylic oxidation sites excluding steroid dienone is 1. The molecule has 0 unspecified atom stereocenters. The zero-order chi connectivity index (χ0) is 23.8. The van der Waals surface area contributed by atoms with E-state index in [1.165, 1.54) is 24.3 Å². The third-order valence-corrected chi connectivity index (χ3v) is 5.90. The van der Waals surface area contributed by atoms with Gasteiger partial charge in [-0.3, -0.25) is 9.36 Å². The van der Waals surface area contributed by atoms with E-state index in [1.807, 2.05) is 54.0 Å². The molecule has 3 aromatic carbocycles. The lowest BCUT2D eigenvalue weighted by atomic mass is 9.94. The molecule has 0 aliphatic carbocycles. The average Bonchev–Trinajstić information content (AvgIpc) is 3.21. The Kier molecular flexibility index (Phi) is 5.41. The molecule has 34 heavy (non-hydrogen) atoms. The van der Waals surface area contributed by atoms with Crippen molar-refractivity contribution in [3.8, 4) is 11.5 Å². The predicted octanol–water partition coefficient (Wildman–Crippen LogP) is 5.12. The molecule has 172 valence electrons. The van der Waals surface area contributed by atoms with Gasteiger partial charge in [0.1, 0.15) is 5.82 Å². The first kappa shape index (κ1) is 21.5. The number of nitrogens with zero attached hydrogens (tertiary/aromatic N) is 2. The van der Waals surface area contributed by atoms with Gasteiger partial charge in [-0.15, -0.1) is 0 Å². The second kappa shape index (κ2) is 8.55. The lowest BCUT2D eigenvalue weighted by Crippen LogP contribution is -2.31. The molecule has 8 heteroatoms. The van der Waals surface area contributed by atoms with Crippen molar-refractivity contribution in [1.82, 2.24) is 9.55 Å². The fourth-order valence-corrected chi connectivity index (χ4v) is 4.33. The van der Waals surface area contributed by atoms with Gasteiger partial charge in [-0.25, -0.2) is 9.37 Å². The molecule has 1 aromatic heterocycles. The molecular weight excluding hydrogens is 435 g/mol. The summed E-state index contributed by atoms with van der Waals surface area (Å²) in [4.78, 5) is 18.3. The van der Waals surface area contributed by atoms with Gasteiger partial charge in [-0.2, -0.15) is 0 Å². The van der Waals surface area contributed by atoms with Gasteiger partial charge in [-0.1, -0.05) is 18.2 Å². The number of carbonyl (C=O) groups is 1. The molecule has 4 aromatic rings. The Bertz CT molecular complexity index is 1430. The maximum Gasteiger partial charge on any atom is 0.255 e. The molecule has 0 saturated heterocycles. The standard InChI is InChI=1S/C26H23FN4O3/c1-15-23(25(32)29-18-11-9-17(27)10-12-18)24(16-8-13-21(33-2)22(14-16)34-3)31-20-7-5-4-6-19(20)30-26(31)28-15/h4-14,24H,1-3H3,(H,28,30)(H,29,32)/t24-/m1/s1. The van der Waals surface area contributed by atoms with Gasteiger partial charge in [0, 0.05) is 11.4 Å². The van der Waals surface area contributed by atoms with Crippen LogP contribution in [0.5, 0.6) is 11.5 Å². The van der Waals surface area contributed by atoms with E-state index in [0.29, 0.717) is 34.4 Å². The zero-order valence-electron chi connectivity index (χ0n) is 18.9. The van der Waals surface area contributed by atoms with Crippen LogP contribution < -0.4 is 20.1 Å². The molecule has 2 N–H and O–H groups in total. The number of amides is 1. The van der Waals surface area contributed by atoms with Gasteiger partial charge in [0.2, 0.25) is 5.95 Å². The summed E-state index contributed by atoms with van der Waals surface area (Å²) >= 11 is 0. The molecule has 5 rings (SSSR count). The number of methoxy groups -OCH3 is 2. The van der Waals surface area contributed by atoms with Crippen molar-refractivity contribution in [3.05, 3.63) is 89.4 Å². The highest BCUT2D eigenvalue weighted by Crippen LogP contribution is 2.41. The van der Waals surface area contributed by atoms with Crippen LogP contribution in [0.4, 0.5) is 16.0 Å². The van der Waals surface area contributed by atoms with Gasteiger partial charge >= 0.3 is 0 Å².